The summed E-state index contributed by atoms with van der Waals surface area (Å²) in [6, 6.07) is 6.00. The second kappa shape index (κ2) is 5.14. The van der Waals surface area contributed by atoms with E-state index in [1.54, 1.807) is 0 Å². The van der Waals surface area contributed by atoms with Gasteiger partial charge in [-0.05, 0) is 60.2 Å². The molecule has 1 amide bonds. The zero-order valence-corrected chi connectivity index (χ0v) is 11.4. The maximum atomic E-state index is 11.9. The molecule has 2 N–H and O–H groups in total. The summed E-state index contributed by atoms with van der Waals surface area (Å²) in [6.07, 6.45) is 0.939. The number of nitrogens with one attached hydrogen (secondary N) is 2. The lowest BCUT2D eigenvalue weighted by Gasteiger charge is -2.10. The lowest BCUT2D eigenvalue weighted by Crippen LogP contribution is -2.24. The first kappa shape index (κ1) is 11.9. The van der Waals surface area contributed by atoms with E-state index in [9.17, 15) is 4.79 Å². The standard InChI is InChI=1S/C12H15IN2O/c1-8-2-3-10(6-11(8)13)15-12(16)9-4-5-14-7-9/h2-3,6,9,14H,4-5,7H2,1H3,(H,15,16). The maximum absolute atomic E-state index is 11.9. The number of amides is 1. The first-order chi connectivity index (χ1) is 7.66. The Bertz CT molecular complexity index is 400. The van der Waals surface area contributed by atoms with Gasteiger partial charge in [0.1, 0.15) is 0 Å². The van der Waals surface area contributed by atoms with Gasteiger partial charge < -0.3 is 10.6 Å². The topological polar surface area (TPSA) is 41.1 Å². The van der Waals surface area contributed by atoms with Crippen molar-refractivity contribution in [2.75, 3.05) is 18.4 Å². The SMILES string of the molecule is Cc1ccc(NC(=O)C2CCNC2)cc1I. The fraction of sp³-hybridized carbons (Fsp3) is 0.417. The summed E-state index contributed by atoms with van der Waals surface area (Å²) in [4.78, 5) is 11.9. The molecule has 1 heterocycles. The number of anilines is 1. The van der Waals surface area contributed by atoms with Crippen LogP contribution < -0.4 is 10.6 Å². The van der Waals surface area contributed by atoms with Crippen LogP contribution in [0.4, 0.5) is 5.69 Å². The van der Waals surface area contributed by atoms with Gasteiger partial charge in [0.2, 0.25) is 5.91 Å². The highest BCUT2D eigenvalue weighted by Gasteiger charge is 2.22. The van der Waals surface area contributed by atoms with E-state index >= 15 is 0 Å². The molecule has 2 rings (SSSR count). The Morgan fingerprint density at radius 1 is 1.56 bits per heavy atom. The van der Waals surface area contributed by atoms with Crippen molar-refractivity contribution < 1.29 is 4.79 Å². The predicted octanol–water partition coefficient (Wildman–Crippen LogP) is 2.15. The van der Waals surface area contributed by atoms with Gasteiger partial charge in [0, 0.05) is 15.8 Å². The number of aryl methyl sites for hydroxylation is 1. The van der Waals surface area contributed by atoms with Gasteiger partial charge in [0.15, 0.2) is 0 Å². The largest absolute Gasteiger partial charge is 0.326 e. The lowest BCUT2D eigenvalue weighted by molar-refractivity contribution is -0.119. The summed E-state index contributed by atoms with van der Waals surface area (Å²) in [6.45, 7) is 3.81. The van der Waals surface area contributed by atoms with E-state index in [0.29, 0.717) is 0 Å². The first-order valence-electron chi connectivity index (χ1n) is 5.44. The summed E-state index contributed by atoms with van der Waals surface area (Å²) in [7, 11) is 0. The molecular weight excluding hydrogens is 315 g/mol. The normalized spacial score (nSPS) is 19.8. The molecule has 1 aromatic carbocycles. The summed E-state index contributed by atoms with van der Waals surface area (Å²) in [5.41, 5.74) is 2.13. The quantitative estimate of drug-likeness (QED) is 0.816. The van der Waals surface area contributed by atoms with Crippen molar-refractivity contribution in [3.8, 4) is 0 Å². The van der Waals surface area contributed by atoms with Crippen molar-refractivity contribution in [1.82, 2.24) is 5.32 Å². The molecule has 1 unspecified atom stereocenters. The Kier molecular flexibility index (Phi) is 3.81. The van der Waals surface area contributed by atoms with Crippen molar-refractivity contribution in [2.24, 2.45) is 5.92 Å². The maximum Gasteiger partial charge on any atom is 0.228 e. The van der Waals surface area contributed by atoms with Gasteiger partial charge in [-0.25, -0.2) is 0 Å². The lowest BCUT2D eigenvalue weighted by atomic mass is 10.1. The molecule has 1 aliphatic rings. The molecule has 1 atom stereocenters. The van der Waals surface area contributed by atoms with Gasteiger partial charge in [-0.1, -0.05) is 6.07 Å². The molecule has 16 heavy (non-hydrogen) atoms. The highest BCUT2D eigenvalue weighted by atomic mass is 127. The number of carbonyl (C=O) groups is 1. The van der Waals surface area contributed by atoms with Gasteiger partial charge >= 0.3 is 0 Å². The second-order valence-corrected chi connectivity index (χ2v) is 5.31. The highest BCUT2D eigenvalue weighted by Crippen LogP contribution is 2.18. The molecule has 86 valence electrons. The van der Waals surface area contributed by atoms with Gasteiger partial charge in [0.25, 0.3) is 0 Å². The molecule has 0 saturated carbocycles. The molecule has 1 aromatic rings. The number of benzene rings is 1. The average Bonchev–Trinajstić information content (AvgIpc) is 2.77. The van der Waals surface area contributed by atoms with Gasteiger partial charge in [0.05, 0.1) is 5.92 Å². The van der Waals surface area contributed by atoms with E-state index < -0.39 is 0 Å². The van der Waals surface area contributed by atoms with Crippen molar-refractivity contribution in [2.45, 2.75) is 13.3 Å². The van der Waals surface area contributed by atoms with Crippen LogP contribution in [0.15, 0.2) is 18.2 Å². The Labute approximate surface area is 109 Å². The molecule has 4 heteroatoms. The number of hydrogen-bond acceptors (Lipinski definition) is 2. The number of halogens is 1. The molecule has 3 nitrogen and oxygen atoms in total. The van der Waals surface area contributed by atoms with Crippen LogP contribution in [0, 0.1) is 16.4 Å². The summed E-state index contributed by atoms with van der Waals surface area (Å²) in [5.74, 6) is 0.253. The minimum atomic E-state index is 0.124. The van der Waals surface area contributed by atoms with Gasteiger partial charge in [-0.3, -0.25) is 4.79 Å². The van der Waals surface area contributed by atoms with Crippen molar-refractivity contribution in [3.05, 3.63) is 27.3 Å². The van der Waals surface area contributed by atoms with Crippen LogP contribution in [0.25, 0.3) is 0 Å². The third-order valence-corrected chi connectivity index (χ3v) is 4.03. The van der Waals surface area contributed by atoms with E-state index in [-0.39, 0.29) is 11.8 Å². The second-order valence-electron chi connectivity index (χ2n) is 4.14. The molecule has 0 radical (unpaired) electrons. The van der Waals surface area contributed by atoms with E-state index in [1.165, 1.54) is 9.13 Å². The Balaban J connectivity index is 2.02. The first-order valence-corrected chi connectivity index (χ1v) is 6.52. The zero-order chi connectivity index (χ0) is 11.5. The van der Waals surface area contributed by atoms with Crippen LogP contribution >= 0.6 is 22.6 Å². The highest BCUT2D eigenvalue weighted by molar-refractivity contribution is 14.1. The Morgan fingerprint density at radius 3 is 3.00 bits per heavy atom. The monoisotopic (exact) mass is 330 g/mol. The van der Waals surface area contributed by atoms with Crippen LogP contribution in [0.1, 0.15) is 12.0 Å². The predicted molar refractivity (Wildman–Crippen MR) is 73.5 cm³/mol. The molecule has 0 bridgehead atoms. The third-order valence-electron chi connectivity index (χ3n) is 2.87. The van der Waals surface area contributed by atoms with Gasteiger partial charge in [-0.2, -0.15) is 0 Å². The van der Waals surface area contributed by atoms with Crippen molar-refractivity contribution >= 4 is 34.2 Å². The Hall–Kier alpha value is -0.620. The average molecular weight is 330 g/mol. The fourth-order valence-corrected chi connectivity index (χ4v) is 2.31. The van der Waals surface area contributed by atoms with Crippen LogP contribution in [-0.2, 0) is 4.79 Å². The van der Waals surface area contributed by atoms with E-state index in [2.05, 4.69) is 40.1 Å². The molecule has 0 aromatic heterocycles. The van der Waals surface area contributed by atoms with Crippen LogP contribution in [0.3, 0.4) is 0 Å². The van der Waals surface area contributed by atoms with E-state index in [1.807, 2.05) is 18.2 Å². The summed E-state index contributed by atoms with van der Waals surface area (Å²) < 4.78 is 1.18. The number of hydrogen-bond donors (Lipinski definition) is 2. The number of rotatable bonds is 2. The molecule has 1 aliphatic heterocycles. The molecule has 0 spiro atoms. The fourth-order valence-electron chi connectivity index (χ4n) is 1.79. The zero-order valence-electron chi connectivity index (χ0n) is 9.22. The molecule has 0 aliphatic carbocycles. The smallest absolute Gasteiger partial charge is 0.228 e. The van der Waals surface area contributed by atoms with Crippen LogP contribution in [0.2, 0.25) is 0 Å². The van der Waals surface area contributed by atoms with Gasteiger partial charge in [-0.15, -0.1) is 0 Å². The minimum Gasteiger partial charge on any atom is -0.326 e. The van der Waals surface area contributed by atoms with Crippen LogP contribution in [0.5, 0.6) is 0 Å². The van der Waals surface area contributed by atoms with E-state index in [0.717, 1.165) is 25.2 Å². The molecule has 1 fully saturated rings. The number of carbonyl (C=O) groups excluding carboxylic acids is 1. The van der Waals surface area contributed by atoms with Crippen molar-refractivity contribution in [1.29, 1.82) is 0 Å². The van der Waals surface area contributed by atoms with Crippen molar-refractivity contribution in [3.63, 3.8) is 0 Å². The Morgan fingerprint density at radius 2 is 2.38 bits per heavy atom. The van der Waals surface area contributed by atoms with E-state index in [4.69, 9.17) is 0 Å². The minimum absolute atomic E-state index is 0.124. The molecule has 1 saturated heterocycles. The summed E-state index contributed by atoms with van der Waals surface area (Å²) in [5, 5.41) is 6.17. The summed E-state index contributed by atoms with van der Waals surface area (Å²) >= 11 is 2.28. The van der Waals surface area contributed by atoms with Crippen LogP contribution in [-0.4, -0.2) is 19.0 Å². The third kappa shape index (κ3) is 2.74. The molecular formula is C12H15IN2O.